The van der Waals surface area contributed by atoms with Crippen LogP contribution in [0.1, 0.15) is 107 Å². The molecule has 3 atom stereocenters. The van der Waals surface area contributed by atoms with Crippen molar-refractivity contribution in [3.63, 3.8) is 0 Å². The number of aromatic nitrogens is 1. The summed E-state index contributed by atoms with van der Waals surface area (Å²) < 4.78 is 31.9. The number of nitrogens with one attached hydrogen (secondary N) is 2. The molecule has 354 valence electrons. The number of hydrogen-bond acceptors (Lipinski definition) is 11. The van der Waals surface area contributed by atoms with Crippen LogP contribution >= 0.6 is 11.8 Å². The summed E-state index contributed by atoms with van der Waals surface area (Å²) >= 11 is 1.51. The van der Waals surface area contributed by atoms with E-state index in [-0.39, 0.29) is 37.2 Å². The van der Waals surface area contributed by atoms with Crippen LogP contribution in [-0.2, 0) is 46.4 Å². The zero-order valence-corrected chi connectivity index (χ0v) is 40.0. The largest absolute Gasteiger partial charge is 0.494 e. The predicted molar refractivity (Wildman–Crippen MR) is 264 cm³/mol. The van der Waals surface area contributed by atoms with Gasteiger partial charge in [-0.1, -0.05) is 146 Å². The first-order chi connectivity index (χ1) is 32.9. The van der Waals surface area contributed by atoms with E-state index in [2.05, 4.69) is 10.8 Å². The van der Waals surface area contributed by atoms with Gasteiger partial charge in [0.25, 0.3) is 5.22 Å². The SMILES string of the molecule is CC1(C)OB(c2ccc(CONC(=O)CCCCCCC(=O)Nc3ccc(C4O[C@@H](CSc5nc(-c6ccccc6)c(-c6ccccc6)o5)C[C@@H](c5ccc(CO)cc5)O4)cc3)cc2)OC1(C)C. The molecule has 0 spiro atoms. The molecule has 14 heteroatoms. The molecule has 3 heterocycles. The Morgan fingerprint density at radius 2 is 1.32 bits per heavy atom. The normalized spacial score (nSPS) is 18.6. The molecule has 0 saturated carbocycles. The Morgan fingerprint density at radius 1 is 0.721 bits per heavy atom. The van der Waals surface area contributed by atoms with Crippen LogP contribution in [0, 0.1) is 0 Å². The van der Waals surface area contributed by atoms with E-state index in [1.165, 1.54) is 11.8 Å². The number of benzene rings is 5. The molecule has 3 N–H and O–H groups in total. The predicted octanol–water partition coefficient (Wildman–Crippen LogP) is 10.7. The fraction of sp³-hybridized carbons (Fsp3) is 0.352. The van der Waals surface area contributed by atoms with Crippen LogP contribution in [0.25, 0.3) is 22.6 Å². The third-order valence-corrected chi connectivity index (χ3v) is 13.6. The number of aliphatic hydroxyl groups excluding tert-OH is 1. The molecule has 1 aromatic heterocycles. The summed E-state index contributed by atoms with van der Waals surface area (Å²) in [6, 6.07) is 43.2. The van der Waals surface area contributed by atoms with Crippen molar-refractivity contribution in [2.45, 2.75) is 121 Å². The van der Waals surface area contributed by atoms with Crippen LogP contribution in [-0.4, -0.2) is 52.1 Å². The molecule has 2 aliphatic rings. The van der Waals surface area contributed by atoms with Crippen LogP contribution in [0.3, 0.4) is 0 Å². The first-order valence-electron chi connectivity index (χ1n) is 23.4. The summed E-state index contributed by atoms with van der Waals surface area (Å²) in [7, 11) is -0.428. The quantitative estimate of drug-likeness (QED) is 0.0290. The number of rotatable bonds is 20. The molecule has 8 rings (SSSR count). The van der Waals surface area contributed by atoms with Gasteiger partial charge in [-0.15, -0.1) is 0 Å². The van der Waals surface area contributed by atoms with E-state index in [1.807, 2.05) is 161 Å². The second-order valence-corrected chi connectivity index (χ2v) is 19.3. The maximum absolute atomic E-state index is 12.9. The average molecular weight is 938 g/mol. The van der Waals surface area contributed by atoms with E-state index in [4.69, 9.17) is 33.0 Å². The molecule has 5 aromatic carbocycles. The lowest BCUT2D eigenvalue weighted by Gasteiger charge is -2.36. The minimum atomic E-state index is -0.661. The lowest BCUT2D eigenvalue weighted by Crippen LogP contribution is -2.41. The van der Waals surface area contributed by atoms with E-state index in [9.17, 15) is 14.7 Å². The maximum Gasteiger partial charge on any atom is 0.494 e. The Kier molecular flexibility index (Phi) is 16.3. The number of hydroxylamine groups is 1. The third kappa shape index (κ3) is 12.7. The van der Waals surface area contributed by atoms with Gasteiger partial charge >= 0.3 is 7.12 Å². The summed E-state index contributed by atoms with van der Waals surface area (Å²) in [4.78, 5) is 35.7. The molecule has 2 aliphatic heterocycles. The summed E-state index contributed by atoms with van der Waals surface area (Å²) in [5, 5.41) is 13.2. The number of anilines is 1. The zero-order chi connectivity index (χ0) is 47.5. The van der Waals surface area contributed by atoms with Crippen molar-refractivity contribution in [3.05, 3.63) is 156 Å². The fourth-order valence-corrected chi connectivity index (χ4v) is 8.84. The van der Waals surface area contributed by atoms with Crippen LogP contribution in [0.4, 0.5) is 5.69 Å². The Bertz CT molecular complexity index is 2480. The molecule has 12 nitrogen and oxygen atoms in total. The van der Waals surface area contributed by atoms with Crippen molar-refractivity contribution in [2.75, 3.05) is 11.1 Å². The van der Waals surface area contributed by atoms with E-state index in [0.717, 1.165) is 63.1 Å². The van der Waals surface area contributed by atoms with Gasteiger partial charge in [0, 0.05) is 47.4 Å². The molecular formula is C54H60BN3O9S. The summed E-state index contributed by atoms with van der Waals surface area (Å²) in [5.41, 5.74) is 9.63. The van der Waals surface area contributed by atoms with Gasteiger partial charge < -0.3 is 33.6 Å². The van der Waals surface area contributed by atoms with E-state index < -0.39 is 24.6 Å². The standard InChI is InChI=1S/C54H60BN3O9S/c1-53(2)54(3,4)67-55(66-53)43-29-23-38(24-30-43)35-62-58-48(61)20-14-6-5-13-19-47(60)56-44-31-27-42(28-32-44)51-63-45(33-46(64-51)39-25-21-37(34-59)22-26-39)36-68-52-57-49(40-15-9-7-10-16-40)50(65-52)41-17-11-8-12-18-41/h7-12,15-18,21-32,45-46,51,59H,5-6,13-14,19-20,33-36H2,1-4H3,(H,56,60)(H,58,61)/t45-,46+,51?/m1/s1. The first kappa shape index (κ1) is 48.9. The van der Waals surface area contributed by atoms with Crippen LogP contribution < -0.4 is 16.3 Å². The zero-order valence-electron chi connectivity index (χ0n) is 39.2. The number of unbranched alkanes of at least 4 members (excludes halogenated alkanes) is 3. The van der Waals surface area contributed by atoms with Gasteiger partial charge in [0.15, 0.2) is 12.1 Å². The Morgan fingerprint density at radius 3 is 1.97 bits per heavy atom. The Balaban J connectivity index is 0.776. The molecule has 68 heavy (non-hydrogen) atoms. The fourth-order valence-electron chi connectivity index (χ4n) is 8.00. The smallest absolute Gasteiger partial charge is 0.431 e. The molecule has 2 amide bonds. The Hall–Kier alpha value is -5.58. The number of aliphatic hydroxyl groups is 1. The highest BCUT2D eigenvalue weighted by Gasteiger charge is 2.51. The van der Waals surface area contributed by atoms with Crippen molar-refractivity contribution in [3.8, 4) is 22.6 Å². The van der Waals surface area contributed by atoms with Crippen LogP contribution in [0.2, 0.25) is 0 Å². The summed E-state index contributed by atoms with van der Waals surface area (Å²) in [5.74, 6) is 1.05. The number of carbonyl (C=O) groups excluding carboxylic acids is 2. The molecular weight excluding hydrogens is 877 g/mol. The summed E-state index contributed by atoms with van der Waals surface area (Å²) in [6.07, 6.45) is 3.26. The monoisotopic (exact) mass is 937 g/mol. The second-order valence-electron chi connectivity index (χ2n) is 18.3. The number of carbonyl (C=O) groups is 2. The molecule has 0 aliphatic carbocycles. The number of hydrogen-bond donors (Lipinski definition) is 3. The van der Waals surface area contributed by atoms with Gasteiger partial charge in [0.1, 0.15) is 5.69 Å². The average Bonchev–Trinajstić information content (AvgIpc) is 3.89. The third-order valence-electron chi connectivity index (χ3n) is 12.7. The molecule has 0 bridgehead atoms. The maximum atomic E-state index is 12.9. The van der Waals surface area contributed by atoms with Crippen LogP contribution in [0.15, 0.2) is 143 Å². The second kappa shape index (κ2) is 22.7. The molecule has 0 radical (unpaired) electrons. The van der Waals surface area contributed by atoms with Gasteiger partial charge in [-0.2, -0.15) is 0 Å². The van der Waals surface area contributed by atoms with Crippen LogP contribution in [0.5, 0.6) is 0 Å². The van der Waals surface area contributed by atoms with Gasteiger partial charge in [-0.05, 0) is 74.8 Å². The van der Waals surface area contributed by atoms with Gasteiger partial charge in [-0.25, -0.2) is 10.5 Å². The van der Waals surface area contributed by atoms with Gasteiger partial charge in [0.2, 0.25) is 11.8 Å². The van der Waals surface area contributed by atoms with Gasteiger partial charge in [-0.3, -0.25) is 14.4 Å². The molecule has 6 aromatic rings. The number of thioether (sulfide) groups is 1. The molecule has 1 unspecified atom stereocenters. The number of amides is 2. The van der Waals surface area contributed by atoms with E-state index in [1.54, 1.807) is 0 Å². The topological polar surface area (TPSA) is 151 Å². The van der Waals surface area contributed by atoms with Gasteiger partial charge in [0.05, 0.1) is 36.6 Å². The lowest BCUT2D eigenvalue weighted by molar-refractivity contribution is -0.245. The molecule has 2 fully saturated rings. The van der Waals surface area contributed by atoms with Crippen molar-refractivity contribution in [1.29, 1.82) is 0 Å². The van der Waals surface area contributed by atoms with Crippen molar-refractivity contribution >= 4 is 41.8 Å². The highest BCUT2D eigenvalue weighted by molar-refractivity contribution is 7.99. The van der Waals surface area contributed by atoms with E-state index in [0.29, 0.717) is 48.8 Å². The minimum absolute atomic E-state index is 0.0348. The summed E-state index contributed by atoms with van der Waals surface area (Å²) in [6.45, 7) is 8.32. The highest BCUT2D eigenvalue weighted by atomic mass is 32.2. The van der Waals surface area contributed by atoms with E-state index >= 15 is 0 Å². The van der Waals surface area contributed by atoms with Crippen molar-refractivity contribution in [1.82, 2.24) is 10.5 Å². The Labute approximate surface area is 403 Å². The van der Waals surface area contributed by atoms with Crippen molar-refractivity contribution < 1.29 is 42.7 Å². The highest BCUT2D eigenvalue weighted by Crippen LogP contribution is 2.42. The number of oxazole rings is 1. The minimum Gasteiger partial charge on any atom is -0.431 e. The lowest BCUT2D eigenvalue weighted by atomic mass is 9.79. The number of ether oxygens (including phenoxy) is 2. The number of nitrogens with zero attached hydrogens (tertiary/aromatic N) is 1. The molecule has 2 saturated heterocycles. The first-order valence-corrected chi connectivity index (χ1v) is 24.4. The van der Waals surface area contributed by atoms with Crippen molar-refractivity contribution in [2.24, 2.45) is 0 Å².